The zero-order valence-corrected chi connectivity index (χ0v) is 13.5. The summed E-state index contributed by atoms with van der Waals surface area (Å²) in [5, 5.41) is 8.17. The zero-order chi connectivity index (χ0) is 16.7. The molecule has 0 unspecified atom stereocenters. The lowest BCUT2D eigenvalue weighted by atomic mass is 10.0. The molecule has 1 fully saturated rings. The number of aromatic nitrogens is 5. The summed E-state index contributed by atoms with van der Waals surface area (Å²) in [5.41, 5.74) is 2.99. The Morgan fingerprint density at radius 1 is 1.38 bits per heavy atom. The number of hydrogen-bond donors (Lipinski definition) is 1. The van der Waals surface area contributed by atoms with Crippen molar-refractivity contribution >= 4 is 16.9 Å². The lowest BCUT2D eigenvalue weighted by Gasteiger charge is -2.16. The molecule has 1 aromatic carbocycles. The van der Waals surface area contributed by atoms with Crippen LogP contribution < -0.4 is 0 Å². The summed E-state index contributed by atoms with van der Waals surface area (Å²) >= 11 is 0. The molecule has 1 aliphatic rings. The third kappa shape index (κ3) is 2.35. The second-order valence-electron chi connectivity index (χ2n) is 6.01. The second-order valence-corrected chi connectivity index (χ2v) is 6.01. The van der Waals surface area contributed by atoms with E-state index in [1.165, 1.54) is 0 Å². The molecule has 0 radical (unpaired) electrons. The number of aryl methyl sites for hydroxylation is 1. The van der Waals surface area contributed by atoms with Crippen LogP contribution in [0.4, 0.5) is 0 Å². The van der Waals surface area contributed by atoms with Gasteiger partial charge in [-0.1, -0.05) is 11.3 Å². The Bertz CT molecular complexity index is 885. The first-order valence-electron chi connectivity index (χ1n) is 7.77. The van der Waals surface area contributed by atoms with Crippen LogP contribution in [0.25, 0.3) is 11.0 Å². The monoisotopic (exact) mass is 326 g/mol. The molecule has 8 nitrogen and oxygen atoms in total. The molecule has 1 N–H and O–H groups in total. The number of benzene rings is 1. The van der Waals surface area contributed by atoms with Gasteiger partial charge in [0, 0.05) is 33.4 Å². The number of aromatic amines is 1. The van der Waals surface area contributed by atoms with Crippen LogP contribution >= 0.6 is 0 Å². The van der Waals surface area contributed by atoms with E-state index in [9.17, 15) is 4.79 Å². The fourth-order valence-electron chi connectivity index (χ4n) is 3.31. The van der Waals surface area contributed by atoms with Crippen LogP contribution in [0.1, 0.15) is 22.0 Å². The molecule has 0 bridgehead atoms. The summed E-state index contributed by atoms with van der Waals surface area (Å²) in [4.78, 5) is 22.1. The molecule has 8 heteroatoms. The van der Waals surface area contributed by atoms with E-state index in [0.29, 0.717) is 24.2 Å². The van der Waals surface area contributed by atoms with Crippen molar-refractivity contribution in [1.82, 2.24) is 29.9 Å². The second kappa shape index (κ2) is 5.72. The van der Waals surface area contributed by atoms with Crippen LogP contribution in [-0.4, -0.2) is 62.1 Å². The van der Waals surface area contributed by atoms with Crippen molar-refractivity contribution in [3.63, 3.8) is 0 Å². The highest BCUT2D eigenvalue weighted by atomic mass is 16.5. The van der Waals surface area contributed by atoms with Gasteiger partial charge in [-0.15, -0.1) is 5.10 Å². The van der Waals surface area contributed by atoms with Gasteiger partial charge in [-0.05, 0) is 12.1 Å². The van der Waals surface area contributed by atoms with Gasteiger partial charge in [-0.25, -0.2) is 4.98 Å². The molecule has 2 aromatic heterocycles. The SMILES string of the molecule is CO[C@@H]1CN(C(=O)c2cccc3[nH]cnc23)C[C@H]1c1cn(C)nn1. The average Bonchev–Trinajstić information content (AvgIpc) is 3.31. The summed E-state index contributed by atoms with van der Waals surface area (Å²) in [7, 11) is 3.49. The third-order valence-corrected chi connectivity index (χ3v) is 4.54. The van der Waals surface area contributed by atoms with Gasteiger partial charge < -0.3 is 14.6 Å². The molecule has 0 aliphatic carbocycles. The number of ether oxygens (including phenoxy) is 1. The molecule has 4 rings (SSSR count). The number of nitrogens with one attached hydrogen (secondary N) is 1. The van der Waals surface area contributed by atoms with Gasteiger partial charge in [-0.3, -0.25) is 9.48 Å². The molecule has 0 spiro atoms. The predicted molar refractivity (Wildman–Crippen MR) is 86.5 cm³/mol. The summed E-state index contributed by atoms with van der Waals surface area (Å²) in [6.45, 7) is 1.08. The highest BCUT2D eigenvalue weighted by molar-refractivity contribution is 6.04. The number of fused-ring (bicyclic) bond motifs is 1. The van der Waals surface area contributed by atoms with Crippen molar-refractivity contribution in [2.24, 2.45) is 7.05 Å². The van der Waals surface area contributed by atoms with Crippen molar-refractivity contribution in [3.8, 4) is 0 Å². The minimum atomic E-state index is -0.0935. The normalized spacial score (nSPS) is 20.8. The first-order chi connectivity index (χ1) is 11.7. The molecule has 0 saturated carbocycles. The Morgan fingerprint density at radius 3 is 3.00 bits per heavy atom. The van der Waals surface area contributed by atoms with Gasteiger partial charge in [0.1, 0.15) is 5.52 Å². The van der Waals surface area contributed by atoms with Gasteiger partial charge in [0.15, 0.2) is 0 Å². The Kier molecular flexibility index (Phi) is 3.53. The summed E-state index contributed by atoms with van der Waals surface area (Å²) in [6.07, 6.45) is 3.38. The maximum Gasteiger partial charge on any atom is 0.256 e. The number of nitrogens with zero attached hydrogens (tertiary/aromatic N) is 5. The molecule has 3 aromatic rings. The Hall–Kier alpha value is -2.74. The average molecular weight is 326 g/mol. The lowest BCUT2D eigenvalue weighted by molar-refractivity contribution is 0.0715. The van der Waals surface area contributed by atoms with Crippen LogP contribution in [0, 0.1) is 0 Å². The first-order valence-corrected chi connectivity index (χ1v) is 7.77. The topological polar surface area (TPSA) is 88.9 Å². The molecule has 24 heavy (non-hydrogen) atoms. The number of carbonyl (C=O) groups excluding carboxylic acids is 1. The molecule has 2 atom stereocenters. The Morgan fingerprint density at radius 2 is 2.25 bits per heavy atom. The fraction of sp³-hybridized carbons (Fsp3) is 0.375. The number of hydrogen-bond acceptors (Lipinski definition) is 5. The zero-order valence-electron chi connectivity index (χ0n) is 13.5. The summed E-state index contributed by atoms with van der Waals surface area (Å²) in [5.74, 6) is -0.0211. The maximum absolute atomic E-state index is 13.0. The van der Waals surface area contributed by atoms with Crippen molar-refractivity contribution in [2.45, 2.75) is 12.0 Å². The van der Waals surface area contributed by atoms with E-state index in [-0.39, 0.29) is 17.9 Å². The molecule has 1 aliphatic heterocycles. The van der Waals surface area contributed by atoms with Crippen LogP contribution in [0.3, 0.4) is 0 Å². The molecule has 3 heterocycles. The highest BCUT2D eigenvalue weighted by Crippen LogP contribution is 2.30. The molecule has 124 valence electrons. The van der Waals surface area contributed by atoms with Crippen LogP contribution in [0.15, 0.2) is 30.7 Å². The van der Waals surface area contributed by atoms with Crippen LogP contribution in [-0.2, 0) is 11.8 Å². The van der Waals surface area contributed by atoms with E-state index in [4.69, 9.17) is 4.74 Å². The predicted octanol–water partition coefficient (Wildman–Crippen LogP) is 0.946. The number of rotatable bonds is 3. The van der Waals surface area contributed by atoms with E-state index in [1.807, 2.05) is 31.4 Å². The summed E-state index contributed by atoms with van der Waals surface area (Å²) < 4.78 is 7.25. The van der Waals surface area contributed by atoms with Crippen molar-refractivity contribution < 1.29 is 9.53 Å². The van der Waals surface area contributed by atoms with E-state index >= 15 is 0 Å². The van der Waals surface area contributed by atoms with Gasteiger partial charge in [0.25, 0.3) is 5.91 Å². The Labute approximate surface area is 138 Å². The highest BCUT2D eigenvalue weighted by Gasteiger charge is 2.38. The van der Waals surface area contributed by atoms with E-state index < -0.39 is 0 Å². The number of imidazole rings is 1. The van der Waals surface area contributed by atoms with Crippen molar-refractivity contribution in [1.29, 1.82) is 0 Å². The number of amides is 1. The number of H-pyrrole nitrogens is 1. The standard InChI is InChI=1S/C16H18N6O2/c1-21-7-13(19-20-21)11-6-22(8-14(11)24-2)16(23)10-4-3-5-12-15(10)18-9-17-12/h3-5,7,9,11,14H,6,8H2,1-2H3,(H,17,18)/t11-,14+/m0/s1. The molecule has 1 amide bonds. The van der Waals surface area contributed by atoms with Crippen LogP contribution in [0.2, 0.25) is 0 Å². The summed E-state index contributed by atoms with van der Waals surface area (Å²) in [6, 6.07) is 5.57. The van der Waals surface area contributed by atoms with Gasteiger partial charge in [-0.2, -0.15) is 0 Å². The lowest BCUT2D eigenvalue weighted by Crippen LogP contribution is -2.30. The number of carbonyl (C=O) groups is 1. The molecular weight excluding hydrogens is 308 g/mol. The Balaban J connectivity index is 1.63. The third-order valence-electron chi connectivity index (χ3n) is 4.54. The smallest absolute Gasteiger partial charge is 0.256 e. The fourth-order valence-corrected chi connectivity index (χ4v) is 3.31. The van der Waals surface area contributed by atoms with Gasteiger partial charge in [0.2, 0.25) is 0 Å². The minimum absolute atomic E-state index is 0.0195. The van der Waals surface area contributed by atoms with Crippen molar-refractivity contribution in [2.75, 3.05) is 20.2 Å². The van der Waals surface area contributed by atoms with E-state index in [1.54, 1.807) is 23.0 Å². The van der Waals surface area contributed by atoms with Gasteiger partial charge >= 0.3 is 0 Å². The molecular formula is C16H18N6O2. The van der Waals surface area contributed by atoms with E-state index in [0.717, 1.165) is 11.2 Å². The number of para-hydroxylation sites is 1. The van der Waals surface area contributed by atoms with Gasteiger partial charge in [0.05, 0.1) is 35.1 Å². The maximum atomic E-state index is 13.0. The van der Waals surface area contributed by atoms with Crippen LogP contribution in [0.5, 0.6) is 0 Å². The molecule has 1 saturated heterocycles. The number of methoxy groups -OCH3 is 1. The first kappa shape index (κ1) is 14.8. The van der Waals surface area contributed by atoms with Crippen molar-refractivity contribution in [3.05, 3.63) is 42.0 Å². The number of likely N-dealkylation sites (tertiary alicyclic amines) is 1. The van der Waals surface area contributed by atoms with E-state index in [2.05, 4.69) is 20.3 Å². The minimum Gasteiger partial charge on any atom is -0.379 e. The quantitative estimate of drug-likeness (QED) is 0.774. The largest absolute Gasteiger partial charge is 0.379 e.